The lowest BCUT2D eigenvalue weighted by atomic mass is 10.1. The van der Waals surface area contributed by atoms with Crippen molar-refractivity contribution < 1.29 is 9.18 Å². The summed E-state index contributed by atoms with van der Waals surface area (Å²) in [7, 11) is 0. The molecule has 2 heterocycles. The van der Waals surface area contributed by atoms with E-state index in [1.54, 1.807) is 6.07 Å². The van der Waals surface area contributed by atoms with Crippen molar-refractivity contribution in [3.05, 3.63) is 53.1 Å². The first-order valence-electron chi connectivity index (χ1n) is 8.64. The molecule has 132 valence electrons. The molecule has 2 aromatic rings. The van der Waals surface area contributed by atoms with Gasteiger partial charge in [-0.2, -0.15) is 10.2 Å². The lowest BCUT2D eigenvalue weighted by Gasteiger charge is -2.41. The van der Waals surface area contributed by atoms with Crippen LogP contribution >= 0.6 is 0 Å². The van der Waals surface area contributed by atoms with Crippen LogP contribution in [-0.4, -0.2) is 46.7 Å². The lowest BCUT2D eigenvalue weighted by molar-refractivity contribution is 0.0672. The third kappa shape index (κ3) is 3.62. The van der Waals surface area contributed by atoms with Crippen LogP contribution in [0, 0.1) is 12.7 Å². The zero-order valence-corrected chi connectivity index (χ0v) is 14.9. The van der Waals surface area contributed by atoms with Gasteiger partial charge in [0, 0.05) is 31.4 Å². The SMILES string of the molecule is CCc1nnc(C)cc1C(=O)N1CCN(c2cccc(F)c2)C[C@@H]1C. The second-order valence-corrected chi connectivity index (χ2v) is 6.47. The Morgan fingerprint density at radius 1 is 1.28 bits per heavy atom. The predicted octanol–water partition coefficient (Wildman–Crippen LogP) is 2.84. The number of piperazine rings is 1. The zero-order valence-electron chi connectivity index (χ0n) is 14.9. The van der Waals surface area contributed by atoms with Crippen LogP contribution < -0.4 is 4.90 Å². The van der Waals surface area contributed by atoms with Crippen molar-refractivity contribution in [2.45, 2.75) is 33.2 Å². The second-order valence-electron chi connectivity index (χ2n) is 6.47. The number of carbonyl (C=O) groups is 1. The Balaban J connectivity index is 1.77. The molecule has 1 aromatic carbocycles. The fraction of sp³-hybridized carbons (Fsp3) is 0.421. The van der Waals surface area contributed by atoms with Crippen LogP contribution in [-0.2, 0) is 6.42 Å². The Labute approximate surface area is 147 Å². The minimum Gasteiger partial charge on any atom is -0.368 e. The van der Waals surface area contributed by atoms with Gasteiger partial charge < -0.3 is 9.80 Å². The van der Waals surface area contributed by atoms with Gasteiger partial charge in [0.05, 0.1) is 17.0 Å². The summed E-state index contributed by atoms with van der Waals surface area (Å²) < 4.78 is 13.5. The van der Waals surface area contributed by atoms with Crippen LogP contribution in [0.4, 0.5) is 10.1 Å². The Hall–Kier alpha value is -2.50. The van der Waals surface area contributed by atoms with E-state index in [4.69, 9.17) is 0 Å². The normalized spacial score (nSPS) is 17.7. The van der Waals surface area contributed by atoms with Gasteiger partial charge in [-0.1, -0.05) is 13.0 Å². The first kappa shape index (κ1) is 17.3. The second kappa shape index (κ2) is 7.17. The van der Waals surface area contributed by atoms with Crippen LogP contribution in [0.3, 0.4) is 0 Å². The number of aromatic nitrogens is 2. The molecule has 0 bridgehead atoms. The van der Waals surface area contributed by atoms with E-state index in [9.17, 15) is 9.18 Å². The molecule has 1 aromatic heterocycles. The molecule has 0 spiro atoms. The maximum atomic E-state index is 13.5. The van der Waals surface area contributed by atoms with Crippen molar-refractivity contribution in [1.82, 2.24) is 15.1 Å². The molecule has 3 rings (SSSR count). The van der Waals surface area contributed by atoms with Gasteiger partial charge in [0.1, 0.15) is 5.82 Å². The molecule has 0 saturated carbocycles. The van der Waals surface area contributed by atoms with Crippen LogP contribution in [0.25, 0.3) is 0 Å². The molecule has 25 heavy (non-hydrogen) atoms. The average Bonchev–Trinajstić information content (AvgIpc) is 2.61. The molecular weight excluding hydrogens is 319 g/mol. The minimum atomic E-state index is -0.241. The van der Waals surface area contributed by atoms with Gasteiger partial charge >= 0.3 is 0 Å². The van der Waals surface area contributed by atoms with Crippen molar-refractivity contribution in [2.75, 3.05) is 24.5 Å². The maximum Gasteiger partial charge on any atom is 0.256 e. The van der Waals surface area contributed by atoms with Crippen LogP contribution in [0.1, 0.15) is 35.6 Å². The summed E-state index contributed by atoms with van der Waals surface area (Å²) in [5.41, 5.74) is 2.97. The minimum absolute atomic E-state index is 0.00115. The van der Waals surface area contributed by atoms with E-state index in [0.29, 0.717) is 31.6 Å². The van der Waals surface area contributed by atoms with E-state index in [1.165, 1.54) is 12.1 Å². The van der Waals surface area contributed by atoms with Gasteiger partial charge in [-0.25, -0.2) is 4.39 Å². The molecule has 1 amide bonds. The van der Waals surface area contributed by atoms with Gasteiger partial charge in [-0.05, 0) is 44.5 Å². The van der Waals surface area contributed by atoms with E-state index < -0.39 is 0 Å². The lowest BCUT2D eigenvalue weighted by Crippen LogP contribution is -2.54. The van der Waals surface area contributed by atoms with Crippen molar-refractivity contribution in [1.29, 1.82) is 0 Å². The van der Waals surface area contributed by atoms with Crippen LogP contribution in [0.2, 0.25) is 0 Å². The topological polar surface area (TPSA) is 49.3 Å². The Morgan fingerprint density at radius 2 is 2.08 bits per heavy atom. The standard InChI is InChI=1S/C19H23FN4O/c1-4-18-17(10-13(2)21-22-18)19(25)24-9-8-23(12-14(24)3)16-7-5-6-15(20)11-16/h5-7,10-11,14H,4,8-9,12H2,1-3H3/t14-/m0/s1. The highest BCUT2D eigenvalue weighted by Crippen LogP contribution is 2.22. The highest BCUT2D eigenvalue weighted by molar-refractivity contribution is 5.95. The fourth-order valence-corrected chi connectivity index (χ4v) is 3.28. The van der Waals surface area contributed by atoms with E-state index in [0.717, 1.165) is 17.1 Å². The largest absolute Gasteiger partial charge is 0.368 e. The molecule has 0 radical (unpaired) electrons. The Kier molecular flexibility index (Phi) is 4.97. The van der Waals surface area contributed by atoms with E-state index in [2.05, 4.69) is 15.1 Å². The summed E-state index contributed by atoms with van der Waals surface area (Å²) in [4.78, 5) is 17.0. The molecule has 6 heteroatoms. The predicted molar refractivity (Wildman–Crippen MR) is 95.3 cm³/mol. The highest BCUT2D eigenvalue weighted by atomic mass is 19.1. The third-order valence-electron chi connectivity index (χ3n) is 4.62. The van der Waals surface area contributed by atoms with E-state index in [-0.39, 0.29) is 17.8 Å². The number of aryl methyl sites for hydroxylation is 2. The van der Waals surface area contributed by atoms with Gasteiger partial charge in [0.25, 0.3) is 5.91 Å². The number of hydrogen-bond acceptors (Lipinski definition) is 4. The van der Waals surface area contributed by atoms with Gasteiger partial charge in [0.2, 0.25) is 0 Å². The number of benzene rings is 1. The Morgan fingerprint density at radius 3 is 2.76 bits per heavy atom. The molecule has 1 atom stereocenters. The number of rotatable bonds is 3. The quantitative estimate of drug-likeness (QED) is 0.861. The van der Waals surface area contributed by atoms with Crippen molar-refractivity contribution >= 4 is 11.6 Å². The van der Waals surface area contributed by atoms with E-state index in [1.807, 2.05) is 37.8 Å². The summed E-state index contributed by atoms with van der Waals surface area (Å²) in [5, 5.41) is 8.21. The number of anilines is 1. The summed E-state index contributed by atoms with van der Waals surface area (Å²) in [5.74, 6) is -0.240. The van der Waals surface area contributed by atoms with Crippen molar-refractivity contribution in [3.8, 4) is 0 Å². The van der Waals surface area contributed by atoms with Gasteiger partial charge in [0.15, 0.2) is 0 Å². The summed E-state index contributed by atoms with van der Waals surface area (Å²) in [6.07, 6.45) is 0.673. The molecule has 1 saturated heterocycles. The van der Waals surface area contributed by atoms with E-state index >= 15 is 0 Å². The van der Waals surface area contributed by atoms with Crippen molar-refractivity contribution in [2.24, 2.45) is 0 Å². The third-order valence-corrected chi connectivity index (χ3v) is 4.62. The number of carbonyl (C=O) groups excluding carboxylic acids is 1. The fourth-order valence-electron chi connectivity index (χ4n) is 3.28. The highest BCUT2D eigenvalue weighted by Gasteiger charge is 2.29. The number of halogens is 1. The number of nitrogens with zero attached hydrogens (tertiary/aromatic N) is 4. The molecule has 1 aliphatic heterocycles. The monoisotopic (exact) mass is 342 g/mol. The van der Waals surface area contributed by atoms with Crippen molar-refractivity contribution in [3.63, 3.8) is 0 Å². The summed E-state index contributed by atoms with van der Waals surface area (Å²) in [6.45, 7) is 7.79. The van der Waals surface area contributed by atoms with Crippen LogP contribution in [0.15, 0.2) is 30.3 Å². The molecule has 0 N–H and O–H groups in total. The van der Waals surface area contributed by atoms with Gasteiger partial charge in [-0.15, -0.1) is 0 Å². The average molecular weight is 342 g/mol. The maximum absolute atomic E-state index is 13.5. The Bertz CT molecular complexity index is 780. The number of amides is 1. The zero-order chi connectivity index (χ0) is 18.0. The first-order chi connectivity index (χ1) is 12.0. The molecule has 1 fully saturated rings. The smallest absolute Gasteiger partial charge is 0.256 e. The summed E-state index contributed by atoms with van der Waals surface area (Å²) >= 11 is 0. The first-order valence-corrected chi connectivity index (χ1v) is 8.64. The molecule has 0 unspecified atom stereocenters. The summed E-state index contributed by atoms with van der Waals surface area (Å²) in [6, 6.07) is 8.44. The molecule has 5 nitrogen and oxygen atoms in total. The molecule has 0 aliphatic carbocycles. The number of hydrogen-bond donors (Lipinski definition) is 0. The molecular formula is C19H23FN4O. The van der Waals surface area contributed by atoms with Crippen LogP contribution in [0.5, 0.6) is 0 Å². The molecule has 1 aliphatic rings. The van der Waals surface area contributed by atoms with Gasteiger partial charge in [-0.3, -0.25) is 4.79 Å².